The summed E-state index contributed by atoms with van der Waals surface area (Å²) in [6.45, 7) is 5.01. The quantitative estimate of drug-likeness (QED) is 0.791. The lowest BCUT2D eigenvalue weighted by molar-refractivity contribution is 0.146. The van der Waals surface area contributed by atoms with Crippen LogP contribution in [-0.2, 0) is 0 Å². The lowest BCUT2D eigenvalue weighted by Gasteiger charge is -2.31. The highest BCUT2D eigenvalue weighted by molar-refractivity contribution is 6.57. The van der Waals surface area contributed by atoms with Crippen molar-refractivity contribution in [1.82, 2.24) is 19.6 Å². The average Bonchev–Trinajstić information content (AvgIpc) is 2.88. The van der Waals surface area contributed by atoms with Gasteiger partial charge in [-0.25, -0.2) is 18.3 Å². The number of hydrogen-bond donors (Lipinski definition) is 0. The van der Waals surface area contributed by atoms with Crippen molar-refractivity contribution in [3.05, 3.63) is 23.8 Å². The summed E-state index contributed by atoms with van der Waals surface area (Å²) in [5, 5.41) is 4.15. The van der Waals surface area contributed by atoms with Crippen molar-refractivity contribution in [3.8, 4) is 0 Å². The largest absolute Gasteiger partial charge is 0.280 e. The van der Waals surface area contributed by atoms with Gasteiger partial charge in [-0.3, -0.25) is 0 Å². The standard InChI is InChI=1S/C13H17BF2N4/c1-8-3-4-14(2)6-9(8)11-5-10(12(15)16)19-13-17-7-18-20(11)13/h5,7-9,12H,3-4,6H2,1-2H3. The second-order valence-corrected chi connectivity index (χ2v) is 5.88. The van der Waals surface area contributed by atoms with Crippen LogP contribution in [0.1, 0.15) is 37.1 Å². The predicted octanol–water partition coefficient (Wildman–Crippen LogP) is 3.31. The van der Waals surface area contributed by atoms with E-state index in [-0.39, 0.29) is 17.4 Å². The van der Waals surface area contributed by atoms with Gasteiger partial charge in [0.05, 0.1) is 5.69 Å². The van der Waals surface area contributed by atoms with Gasteiger partial charge in [-0.05, 0) is 17.9 Å². The zero-order chi connectivity index (χ0) is 14.3. The van der Waals surface area contributed by atoms with Crippen LogP contribution in [0, 0.1) is 5.92 Å². The Kier molecular flexibility index (Phi) is 3.44. The highest BCUT2D eigenvalue weighted by atomic mass is 19.3. The summed E-state index contributed by atoms with van der Waals surface area (Å²) < 4.78 is 27.6. The van der Waals surface area contributed by atoms with E-state index in [1.54, 1.807) is 4.52 Å². The molecule has 1 saturated heterocycles. The Hall–Kier alpha value is -1.53. The molecule has 3 heterocycles. The van der Waals surface area contributed by atoms with Crippen molar-refractivity contribution in [2.75, 3.05) is 0 Å². The van der Waals surface area contributed by atoms with E-state index in [4.69, 9.17) is 0 Å². The predicted molar refractivity (Wildman–Crippen MR) is 73.5 cm³/mol. The third kappa shape index (κ3) is 2.29. The zero-order valence-corrected chi connectivity index (χ0v) is 11.6. The lowest BCUT2D eigenvalue weighted by Crippen LogP contribution is -2.26. The van der Waals surface area contributed by atoms with E-state index in [0.717, 1.165) is 18.4 Å². The van der Waals surface area contributed by atoms with Gasteiger partial charge < -0.3 is 0 Å². The minimum absolute atomic E-state index is 0.203. The summed E-state index contributed by atoms with van der Waals surface area (Å²) in [5.41, 5.74) is 0.618. The average molecular weight is 278 g/mol. The normalized spacial score (nSPS) is 23.8. The molecule has 2 atom stereocenters. The molecule has 1 aliphatic rings. The van der Waals surface area contributed by atoms with E-state index >= 15 is 0 Å². The van der Waals surface area contributed by atoms with Gasteiger partial charge in [0.1, 0.15) is 18.7 Å². The van der Waals surface area contributed by atoms with Crippen LogP contribution >= 0.6 is 0 Å². The number of halogens is 2. The first-order valence-corrected chi connectivity index (χ1v) is 7.05. The van der Waals surface area contributed by atoms with Crippen LogP contribution in [0.25, 0.3) is 5.78 Å². The van der Waals surface area contributed by atoms with Crippen LogP contribution in [0.3, 0.4) is 0 Å². The molecule has 2 unspecified atom stereocenters. The summed E-state index contributed by atoms with van der Waals surface area (Å²) in [7, 11) is 0. The summed E-state index contributed by atoms with van der Waals surface area (Å²) in [5.74, 6) is 0.971. The highest BCUT2D eigenvalue weighted by Gasteiger charge is 2.31. The fourth-order valence-electron chi connectivity index (χ4n) is 3.17. The van der Waals surface area contributed by atoms with E-state index in [0.29, 0.717) is 12.6 Å². The molecular weight excluding hydrogens is 261 g/mol. The Bertz CT molecular complexity index is 615. The zero-order valence-electron chi connectivity index (χ0n) is 11.6. The summed E-state index contributed by atoms with van der Waals surface area (Å²) in [4.78, 5) is 7.84. The van der Waals surface area contributed by atoms with Crippen LogP contribution in [0.2, 0.25) is 19.5 Å². The molecule has 4 nitrogen and oxygen atoms in total. The topological polar surface area (TPSA) is 43.1 Å². The van der Waals surface area contributed by atoms with Gasteiger partial charge in [0, 0.05) is 0 Å². The molecule has 3 rings (SSSR count). The molecule has 0 spiro atoms. The van der Waals surface area contributed by atoms with Crippen LogP contribution in [0.15, 0.2) is 12.4 Å². The smallest absolute Gasteiger partial charge is 0.210 e. The Labute approximate surface area is 116 Å². The van der Waals surface area contributed by atoms with Crippen molar-refractivity contribution in [3.63, 3.8) is 0 Å². The molecule has 0 aliphatic carbocycles. The first-order chi connectivity index (χ1) is 9.56. The van der Waals surface area contributed by atoms with Crippen LogP contribution in [0.5, 0.6) is 0 Å². The summed E-state index contributed by atoms with van der Waals surface area (Å²) >= 11 is 0. The van der Waals surface area contributed by atoms with Gasteiger partial charge in [0.15, 0.2) is 0 Å². The maximum atomic E-state index is 13.0. The van der Waals surface area contributed by atoms with Crippen LogP contribution in [0.4, 0.5) is 8.78 Å². The molecule has 2 aromatic heterocycles. The number of alkyl halides is 2. The highest BCUT2D eigenvalue weighted by Crippen LogP contribution is 2.38. The minimum atomic E-state index is -2.58. The molecular formula is C13H17BF2N4. The van der Waals surface area contributed by atoms with Gasteiger partial charge in [-0.1, -0.05) is 32.8 Å². The first kappa shape index (κ1) is 13.5. The lowest BCUT2D eigenvalue weighted by atomic mass is 9.40. The van der Waals surface area contributed by atoms with E-state index in [1.807, 2.05) is 0 Å². The second-order valence-electron chi connectivity index (χ2n) is 5.88. The van der Waals surface area contributed by atoms with E-state index in [9.17, 15) is 8.78 Å². The van der Waals surface area contributed by atoms with Gasteiger partial charge in [-0.15, -0.1) is 0 Å². The number of aromatic nitrogens is 4. The molecule has 1 aliphatic heterocycles. The fraction of sp³-hybridized carbons (Fsp3) is 0.615. The Balaban J connectivity index is 2.10. The van der Waals surface area contributed by atoms with Crippen LogP contribution < -0.4 is 0 Å². The van der Waals surface area contributed by atoms with Crippen molar-refractivity contribution in [1.29, 1.82) is 0 Å². The number of hydrogen-bond acceptors (Lipinski definition) is 3. The summed E-state index contributed by atoms with van der Waals surface area (Å²) in [6.07, 6.45) is 2.12. The number of nitrogens with zero attached hydrogens (tertiary/aromatic N) is 4. The SMILES string of the molecule is CB1CCC(C)C(c2cc(C(F)F)nc3ncnn23)C1. The molecule has 0 aromatic carbocycles. The van der Waals surface area contributed by atoms with Gasteiger partial charge in [0.25, 0.3) is 12.2 Å². The Morgan fingerprint density at radius 1 is 1.45 bits per heavy atom. The van der Waals surface area contributed by atoms with Crippen molar-refractivity contribution < 1.29 is 8.78 Å². The molecule has 0 amide bonds. The molecule has 1 fully saturated rings. The third-order valence-electron chi connectivity index (χ3n) is 4.36. The summed E-state index contributed by atoms with van der Waals surface area (Å²) in [6, 6.07) is 1.51. The molecule has 0 N–H and O–H groups in total. The van der Waals surface area contributed by atoms with E-state index in [1.165, 1.54) is 18.7 Å². The Morgan fingerprint density at radius 2 is 2.25 bits per heavy atom. The molecule has 0 bridgehead atoms. The molecule has 0 radical (unpaired) electrons. The second kappa shape index (κ2) is 5.11. The third-order valence-corrected chi connectivity index (χ3v) is 4.36. The Morgan fingerprint density at radius 3 is 3.00 bits per heavy atom. The van der Waals surface area contributed by atoms with E-state index < -0.39 is 6.43 Å². The van der Waals surface area contributed by atoms with Gasteiger partial charge in [-0.2, -0.15) is 10.1 Å². The van der Waals surface area contributed by atoms with Crippen LogP contribution in [-0.4, -0.2) is 26.3 Å². The van der Waals surface area contributed by atoms with Gasteiger partial charge >= 0.3 is 0 Å². The minimum Gasteiger partial charge on any atom is -0.210 e. The number of fused-ring (bicyclic) bond motifs is 1. The molecule has 2 aromatic rings. The number of rotatable bonds is 2. The molecule has 7 heteroatoms. The first-order valence-electron chi connectivity index (χ1n) is 7.05. The van der Waals surface area contributed by atoms with Crippen molar-refractivity contribution in [2.24, 2.45) is 5.92 Å². The van der Waals surface area contributed by atoms with E-state index in [2.05, 4.69) is 28.8 Å². The monoisotopic (exact) mass is 278 g/mol. The van der Waals surface area contributed by atoms with Gasteiger partial charge in [0.2, 0.25) is 0 Å². The van der Waals surface area contributed by atoms with Crippen molar-refractivity contribution >= 4 is 12.5 Å². The molecule has 20 heavy (non-hydrogen) atoms. The molecule has 0 saturated carbocycles. The fourth-order valence-corrected chi connectivity index (χ4v) is 3.17. The maximum Gasteiger partial charge on any atom is 0.280 e. The van der Waals surface area contributed by atoms with Crippen molar-refractivity contribution in [2.45, 2.75) is 45.2 Å². The molecule has 106 valence electrons. The maximum absolute atomic E-state index is 13.0.